The molecule has 3 aromatic rings. The number of fused-ring (bicyclic) bond motifs is 1. The zero-order valence-electron chi connectivity index (χ0n) is 19.6. The van der Waals surface area contributed by atoms with E-state index in [9.17, 15) is 17.6 Å². The number of amides is 1. The number of imidazole rings is 1. The molecule has 7 nitrogen and oxygen atoms in total. The molecule has 1 heterocycles. The highest BCUT2D eigenvalue weighted by molar-refractivity contribution is 7.89. The largest absolute Gasteiger partial charge is 0.328 e. The second-order valence-electron chi connectivity index (χ2n) is 7.95. The number of carbonyl (C=O) groups is 1. The molecule has 0 aliphatic carbocycles. The Bertz CT molecular complexity index is 1250. The summed E-state index contributed by atoms with van der Waals surface area (Å²) in [5.41, 5.74) is 2.42. The molecular weight excluding hydrogens is 443 g/mol. The van der Waals surface area contributed by atoms with Crippen molar-refractivity contribution in [1.29, 1.82) is 0 Å². The van der Waals surface area contributed by atoms with Crippen LogP contribution in [0.25, 0.3) is 11.0 Å². The number of benzene rings is 2. The number of carbonyl (C=O) groups excluding carboxylic acids is 1. The Morgan fingerprint density at radius 3 is 2.52 bits per heavy atom. The number of aromatic nitrogens is 2. The fourth-order valence-electron chi connectivity index (χ4n) is 3.87. The third-order valence-corrected chi connectivity index (χ3v) is 7.61. The fourth-order valence-corrected chi connectivity index (χ4v) is 5.35. The second kappa shape index (κ2) is 10.4. The topological polar surface area (TPSA) is 84.3 Å². The van der Waals surface area contributed by atoms with Crippen LogP contribution in [0.15, 0.2) is 41.3 Å². The molecule has 0 radical (unpaired) electrons. The van der Waals surface area contributed by atoms with Gasteiger partial charge in [0.05, 0.1) is 21.6 Å². The number of aryl methyl sites for hydroxylation is 3. The maximum absolute atomic E-state index is 14.0. The number of sulfonamides is 1. The van der Waals surface area contributed by atoms with Gasteiger partial charge < -0.3 is 9.88 Å². The lowest BCUT2D eigenvalue weighted by molar-refractivity contribution is -0.116. The second-order valence-corrected chi connectivity index (χ2v) is 9.89. The van der Waals surface area contributed by atoms with Crippen molar-refractivity contribution in [2.45, 2.75) is 58.4 Å². The van der Waals surface area contributed by atoms with Crippen LogP contribution < -0.4 is 5.32 Å². The predicted molar refractivity (Wildman–Crippen MR) is 128 cm³/mol. The minimum absolute atomic E-state index is 0.130. The molecule has 0 bridgehead atoms. The lowest BCUT2D eigenvalue weighted by Crippen LogP contribution is -2.30. The van der Waals surface area contributed by atoms with Gasteiger partial charge in [0, 0.05) is 32.5 Å². The molecule has 1 amide bonds. The van der Waals surface area contributed by atoms with E-state index >= 15 is 0 Å². The molecule has 3 rings (SSSR count). The number of nitrogens with zero attached hydrogens (tertiary/aromatic N) is 3. The third-order valence-electron chi connectivity index (χ3n) is 5.56. The van der Waals surface area contributed by atoms with E-state index in [0.29, 0.717) is 37.4 Å². The number of hydrogen-bond acceptors (Lipinski definition) is 4. The molecule has 0 atom stereocenters. The van der Waals surface area contributed by atoms with Gasteiger partial charge in [-0.1, -0.05) is 26.8 Å². The van der Waals surface area contributed by atoms with E-state index < -0.39 is 15.8 Å². The van der Waals surface area contributed by atoms with Gasteiger partial charge in [-0.2, -0.15) is 4.31 Å². The Labute approximate surface area is 194 Å². The Kier molecular flexibility index (Phi) is 7.86. The van der Waals surface area contributed by atoms with E-state index in [2.05, 4.69) is 10.3 Å². The summed E-state index contributed by atoms with van der Waals surface area (Å²) >= 11 is 0. The summed E-state index contributed by atoms with van der Waals surface area (Å²) < 4.78 is 43.2. The highest BCUT2D eigenvalue weighted by Gasteiger charge is 2.23. The molecule has 0 aliphatic heterocycles. The average molecular weight is 475 g/mol. The Hall–Kier alpha value is -2.78. The minimum Gasteiger partial charge on any atom is -0.328 e. The van der Waals surface area contributed by atoms with Crippen molar-refractivity contribution in [2.24, 2.45) is 0 Å². The number of nitrogens with one attached hydrogen (secondary N) is 1. The molecule has 1 N–H and O–H groups in total. The smallest absolute Gasteiger partial charge is 0.243 e. The van der Waals surface area contributed by atoms with Gasteiger partial charge in [0.1, 0.15) is 11.6 Å². The van der Waals surface area contributed by atoms with Crippen LogP contribution in [0.2, 0.25) is 0 Å². The van der Waals surface area contributed by atoms with Gasteiger partial charge in [-0.05, 0) is 49.2 Å². The van der Waals surface area contributed by atoms with Gasteiger partial charge in [0.25, 0.3) is 0 Å². The van der Waals surface area contributed by atoms with Gasteiger partial charge in [-0.25, -0.2) is 17.8 Å². The van der Waals surface area contributed by atoms with E-state index in [1.165, 1.54) is 10.4 Å². The Balaban J connectivity index is 1.85. The molecule has 0 spiro atoms. The van der Waals surface area contributed by atoms with Gasteiger partial charge in [0.15, 0.2) is 0 Å². The van der Waals surface area contributed by atoms with Crippen LogP contribution in [0, 0.1) is 12.7 Å². The van der Waals surface area contributed by atoms with Crippen LogP contribution >= 0.6 is 0 Å². The van der Waals surface area contributed by atoms with E-state index in [1.807, 2.05) is 18.4 Å². The van der Waals surface area contributed by atoms with Crippen LogP contribution in [0.5, 0.6) is 0 Å². The van der Waals surface area contributed by atoms with E-state index in [4.69, 9.17) is 0 Å². The Morgan fingerprint density at radius 1 is 1.12 bits per heavy atom. The monoisotopic (exact) mass is 474 g/mol. The highest BCUT2D eigenvalue weighted by atomic mass is 32.2. The van der Waals surface area contributed by atoms with E-state index in [-0.39, 0.29) is 22.9 Å². The summed E-state index contributed by atoms with van der Waals surface area (Å²) in [5, 5.41) is 2.63. The number of rotatable bonds is 10. The summed E-state index contributed by atoms with van der Waals surface area (Å²) in [6, 6.07) is 9.56. The van der Waals surface area contributed by atoms with Crippen molar-refractivity contribution in [3.8, 4) is 0 Å². The van der Waals surface area contributed by atoms with Crippen LogP contribution in [0.1, 0.15) is 45.0 Å². The van der Waals surface area contributed by atoms with Crippen LogP contribution in [-0.2, 0) is 27.8 Å². The van der Waals surface area contributed by atoms with Crippen molar-refractivity contribution in [3.63, 3.8) is 0 Å². The molecule has 0 aliphatic rings. The fraction of sp³-hybridized carbons (Fsp3) is 0.417. The first-order valence-electron chi connectivity index (χ1n) is 11.3. The summed E-state index contributed by atoms with van der Waals surface area (Å²) in [4.78, 5) is 17.3. The molecule has 178 valence electrons. The van der Waals surface area contributed by atoms with Crippen molar-refractivity contribution in [1.82, 2.24) is 13.9 Å². The van der Waals surface area contributed by atoms with Gasteiger partial charge in [-0.3, -0.25) is 4.79 Å². The van der Waals surface area contributed by atoms with Gasteiger partial charge >= 0.3 is 0 Å². The molecule has 9 heteroatoms. The maximum atomic E-state index is 14.0. The van der Waals surface area contributed by atoms with Gasteiger partial charge in [-0.15, -0.1) is 0 Å². The third kappa shape index (κ3) is 5.42. The van der Waals surface area contributed by atoms with Crippen LogP contribution in [0.3, 0.4) is 0 Å². The predicted octanol–water partition coefficient (Wildman–Crippen LogP) is 4.50. The standard InChI is InChI=1S/C24H31FN4O3S/c1-5-14-29-22-11-9-18(33(31,32)28(6-2)7-3)16-21(22)26-23(29)12-13-24(30)27-20-15-17(4)8-10-19(20)25/h8-11,15-16H,5-7,12-14H2,1-4H3,(H,27,30). The van der Waals surface area contributed by atoms with Crippen molar-refractivity contribution in [2.75, 3.05) is 18.4 Å². The SMILES string of the molecule is CCCn1c(CCC(=O)Nc2cc(C)ccc2F)nc2cc(S(=O)(=O)N(CC)CC)ccc21. The summed E-state index contributed by atoms with van der Waals surface area (Å²) in [6.07, 6.45) is 1.34. The zero-order valence-corrected chi connectivity index (χ0v) is 20.4. The maximum Gasteiger partial charge on any atom is 0.243 e. The van der Waals surface area contributed by atoms with Crippen molar-refractivity contribution >= 4 is 32.7 Å². The van der Waals surface area contributed by atoms with E-state index in [0.717, 1.165) is 17.5 Å². The van der Waals surface area contributed by atoms with Crippen LogP contribution in [-0.4, -0.2) is 41.3 Å². The summed E-state index contributed by atoms with van der Waals surface area (Å²) in [5.74, 6) is -0.0855. The molecule has 0 saturated carbocycles. The summed E-state index contributed by atoms with van der Waals surface area (Å²) in [7, 11) is -3.59. The number of hydrogen-bond donors (Lipinski definition) is 1. The molecule has 1 aromatic heterocycles. The molecule has 2 aromatic carbocycles. The lowest BCUT2D eigenvalue weighted by Gasteiger charge is -2.18. The lowest BCUT2D eigenvalue weighted by atomic mass is 10.2. The molecule has 0 saturated heterocycles. The van der Waals surface area contributed by atoms with E-state index in [1.54, 1.807) is 44.2 Å². The Morgan fingerprint density at radius 2 is 1.85 bits per heavy atom. The molecular formula is C24H31FN4O3S. The molecule has 0 unspecified atom stereocenters. The first-order chi connectivity index (χ1) is 15.7. The first kappa shape index (κ1) is 24.9. The molecule has 33 heavy (non-hydrogen) atoms. The zero-order chi connectivity index (χ0) is 24.2. The first-order valence-corrected chi connectivity index (χ1v) is 12.7. The van der Waals surface area contributed by atoms with Crippen LogP contribution in [0.4, 0.5) is 10.1 Å². The average Bonchev–Trinajstić information content (AvgIpc) is 3.12. The quantitative estimate of drug-likeness (QED) is 0.469. The minimum atomic E-state index is -3.59. The van der Waals surface area contributed by atoms with Crippen molar-refractivity contribution in [3.05, 3.63) is 53.6 Å². The highest BCUT2D eigenvalue weighted by Crippen LogP contribution is 2.24. The number of anilines is 1. The summed E-state index contributed by atoms with van der Waals surface area (Å²) in [6.45, 7) is 8.97. The number of halogens is 1. The molecule has 0 fully saturated rings. The van der Waals surface area contributed by atoms with Crippen molar-refractivity contribution < 1.29 is 17.6 Å². The van der Waals surface area contributed by atoms with Gasteiger partial charge in [0.2, 0.25) is 15.9 Å². The normalized spacial score (nSPS) is 11.9.